The third-order valence-corrected chi connectivity index (χ3v) is 2.46. The number of fused-ring (bicyclic) bond motifs is 1. The fraction of sp³-hybridized carbons (Fsp3) is 0.231. The van der Waals surface area contributed by atoms with E-state index in [0.717, 1.165) is 16.3 Å². The summed E-state index contributed by atoms with van der Waals surface area (Å²) in [4.78, 5) is 15.8. The molecule has 0 aliphatic rings. The van der Waals surface area contributed by atoms with Gasteiger partial charge in [0.25, 0.3) is 0 Å². The molecule has 2 aromatic rings. The third-order valence-electron chi connectivity index (χ3n) is 2.46. The van der Waals surface area contributed by atoms with Gasteiger partial charge in [0, 0.05) is 11.6 Å². The van der Waals surface area contributed by atoms with Gasteiger partial charge in [0.15, 0.2) is 5.69 Å². The topological polar surface area (TPSA) is 39.2 Å². The second kappa shape index (κ2) is 4.31. The van der Waals surface area contributed by atoms with Crippen LogP contribution in [0.15, 0.2) is 30.5 Å². The maximum atomic E-state index is 11.7. The van der Waals surface area contributed by atoms with E-state index in [2.05, 4.69) is 4.98 Å². The van der Waals surface area contributed by atoms with Crippen LogP contribution in [0.4, 0.5) is 0 Å². The third kappa shape index (κ3) is 1.76. The van der Waals surface area contributed by atoms with Gasteiger partial charge in [-0.1, -0.05) is 24.3 Å². The number of aryl methyl sites for hydroxylation is 1. The minimum Gasteiger partial charge on any atom is -0.461 e. The minimum absolute atomic E-state index is 0.362. The summed E-state index contributed by atoms with van der Waals surface area (Å²) in [5, 5.41) is 1.89. The monoisotopic (exact) mass is 215 g/mol. The second-order valence-corrected chi connectivity index (χ2v) is 3.56. The van der Waals surface area contributed by atoms with Crippen molar-refractivity contribution in [3.8, 4) is 0 Å². The van der Waals surface area contributed by atoms with Crippen LogP contribution < -0.4 is 0 Å². The Labute approximate surface area is 94.1 Å². The highest BCUT2D eigenvalue weighted by atomic mass is 16.5. The van der Waals surface area contributed by atoms with E-state index in [-0.39, 0.29) is 5.97 Å². The Morgan fingerprint density at radius 3 is 2.69 bits per heavy atom. The number of carbonyl (C=O) groups excluding carboxylic acids is 1. The lowest BCUT2D eigenvalue weighted by molar-refractivity contribution is 0.0522. The Balaban J connectivity index is 2.63. The first-order chi connectivity index (χ1) is 7.74. The highest BCUT2D eigenvalue weighted by molar-refractivity contribution is 6.03. The molecule has 0 fully saturated rings. The van der Waals surface area contributed by atoms with Crippen molar-refractivity contribution in [3.05, 3.63) is 41.7 Å². The number of esters is 1. The van der Waals surface area contributed by atoms with Crippen LogP contribution in [-0.2, 0) is 4.74 Å². The summed E-state index contributed by atoms with van der Waals surface area (Å²) < 4.78 is 4.97. The number of ether oxygens (including phenoxy) is 1. The lowest BCUT2D eigenvalue weighted by Gasteiger charge is -2.06. The van der Waals surface area contributed by atoms with Crippen molar-refractivity contribution in [1.29, 1.82) is 0 Å². The molecule has 0 unspecified atom stereocenters. The van der Waals surface area contributed by atoms with Gasteiger partial charge in [-0.3, -0.25) is 0 Å². The zero-order valence-corrected chi connectivity index (χ0v) is 9.36. The van der Waals surface area contributed by atoms with Crippen LogP contribution in [0, 0.1) is 6.92 Å². The van der Waals surface area contributed by atoms with Gasteiger partial charge in [0.1, 0.15) is 0 Å². The fourth-order valence-corrected chi connectivity index (χ4v) is 1.70. The lowest BCUT2D eigenvalue weighted by atomic mass is 10.1. The lowest BCUT2D eigenvalue weighted by Crippen LogP contribution is -2.08. The number of benzene rings is 1. The van der Waals surface area contributed by atoms with Crippen molar-refractivity contribution >= 4 is 16.7 Å². The first kappa shape index (κ1) is 10.6. The van der Waals surface area contributed by atoms with E-state index in [1.54, 1.807) is 13.1 Å². The normalized spacial score (nSPS) is 10.4. The predicted octanol–water partition coefficient (Wildman–Crippen LogP) is 2.72. The van der Waals surface area contributed by atoms with E-state index >= 15 is 0 Å². The molecule has 0 amide bonds. The van der Waals surface area contributed by atoms with Gasteiger partial charge in [-0.2, -0.15) is 0 Å². The van der Waals surface area contributed by atoms with E-state index < -0.39 is 0 Å². The minimum atomic E-state index is -0.362. The molecule has 3 heteroatoms. The van der Waals surface area contributed by atoms with Crippen LogP contribution in [0.1, 0.15) is 23.0 Å². The molecule has 0 aliphatic carbocycles. The molecule has 0 radical (unpaired) electrons. The number of aromatic nitrogens is 1. The summed E-state index contributed by atoms with van der Waals surface area (Å²) in [5.41, 5.74) is 1.45. The summed E-state index contributed by atoms with van der Waals surface area (Å²) in [7, 11) is 0. The Kier molecular flexibility index (Phi) is 2.86. The molecule has 0 atom stereocenters. The summed E-state index contributed by atoms with van der Waals surface area (Å²) in [6.07, 6.45) is 1.70. The van der Waals surface area contributed by atoms with E-state index in [1.165, 1.54) is 0 Å². The zero-order chi connectivity index (χ0) is 11.5. The number of hydrogen-bond acceptors (Lipinski definition) is 3. The fourth-order valence-electron chi connectivity index (χ4n) is 1.70. The molecule has 0 N–H and O–H groups in total. The zero-order valence-electron chi connectivity index (χ0n) is 9.36. The average molecular weight is 215 g/mol. The molecule has 0 aliphatic heterocycles. The van der Waals surface area contributed by atoms with E-state index in [0.29, 0.717) is 12.3 Å². The molecule has 0 saturated carbocycles. The summed E-state index contributed by atoms with van der Waals surface area (Å²) in [6, 6.07) is 7.72. The van der Waals surface area contributed by atoms with Crippen molar-refractivity contribution in [2.45, 2.75) is 13.8 Å². The highest BCUT2D eigenvalue weighted by Gasteiger charge is 2.13. The SMILES string of the molecule is CCOC(=O)c1ncc(C)c2ccccc12. The number of hydrogen-bond donors (Lipinski definition) is 0. The van der Waals surface area contributed by atoms with E-state index in [4.69, 9.17) is 4.74 Å². The Hall–Kier alpha value is -1.90. The average Bonchev–Trinajstić information content (AvgIpc) is 2.30. The maximum absolute atomic E-state index is 11.7. The van der Waals surface area contributed by atoms with Crippen LogP contribution in [-0.4, -0.2) is 17.6 Å². The molecule has 0 saturated heterocycles. The van der Waals surface area contributed by atoms with Gasteiger partial charge in [0.05, 0.1) is 6.61 Å². The molecule has 1 heterocycles. The molecule has 3 nitrogen and oxygen atoms in total. The van der Waals surface area contributed by atoms with Gasteiger partial charge in [0.2, 0.25) is 0 Å². The van der Waals surface area contributed by atoms with Crippen molar-refractivity contribution < 1.29 is 9.53 Å². The summed E-state index contributed by atoms with van der Waals surface area (Å²) >= 11 is 0. The highest BCUT2D eigenvalue weighted by Crippen LogP contribution is 2.20. The molecule has 16 heavy (non-hydrogen) atoms. The first-order valence-electron chi connectivity index (χ1n) is 5.25. The molecular formula is C13H13NO2. The van der Waals surface area contributed by atoms with Crippen LogP contribution in [0.2, 0.25) is 0 Å². The molecular weight excluding hydrogens is 202 g/mol. The second-order valence-electron chi connectivity index (χ2n) is 3.56. The molecule has 0 bridgehead atoms. The Morgan fingerprint density at radius 1 is 1.31 bits per heavy atom. The van der Waals surface area contributed by atoms with E-state index in [9.17, 15) is 4.79 Å². The Bertz CT molecular complexity index is 534. The van der Waals surface area contributed by atoms with Gasteiger partial charge < -0.3 is 4.74 Å². The van der Waals surface area contributed by atoms with Crippen molar-refractivity contribution in [2.24, 2.45) is 0 Å². The number of nitrogens with zero attached hydrogens (tertiary/aromatic N) is 1. The molecule has 2 rings (SSSR count). The standard InChI is InChI=1S/C13H13NO2/c1-3-16-13(15)12-11-7-5-4-6-10(11)9(2)8-14-12/h4-8H,3H2,1-2H3. The summed E-state index contributed by atoms with van der Waals surface area (Å²) in [6.45, 7) is 4.13. The maximum Gasteiger partial charge on any atom is 0.357 e. The molecule has 1 aromatic heterocycles. The summed E-state index contributed by atoms with van der Waals surface area (Å²) in [5.74, 6) is -0.362. The first-order valence-corrected chi connectivity index (χ1v) is 5.25. The van der Waals surface area contributed by atoms with Crippen LogP contribution in [0.5, 0.6) is 0 Å². The largest absolute Gasteiger partial charge is 0.461 e. The van der Waals surface area contributed by atoms with Crippen molar-refractivity contribution in [3.63, 3.8) is 0 Å². The van der Waals surface area contributed by atoms with Crippen LogP contribution >= 0.6 is 0 Å². The number of rotatable bonds is 2. The van der Waals surface area contributed by atoms with Gasteiger partial charge in [-0.05, 0) is 24.8 Å². The van der Waals surface area contributed by atoms with Gasteiger partial charge in [-0.25, -0.2) is 9.78 Å². The van der Waals surface area contributed by atoms with Crippen LogP contribution in [0.3, 0.4) is 0 Å². The Morgan fingerprint density at radius 2 is 2.00 bits per heavy atom. The predicted molar refractivity (Wildman–Crippen MR) is 62.4 cm³/mol. The van der Waals surface area contributed by atoms with E-state index in [1.807, 2.05) is 31.2 Å². The van der Waals surface area contributed by atoms with Gasteiger partial charge in [-0.15, -0.1) is 0 Å². The smallest absolute Gasteiger partial charge is 0.357 e. The molecule has 1 aromatic carbocycles. The van der Waals surface area contributed by atoms with Crippen molar-refractivity contribution in [1.82, 2.24) is 4.98 Å². The number of pyridine rings is 1. The quantitative estimate of drug-likeness (QED) is 0.723. The van der Waals surface area contributed by atoms with Gasteiger partial charge >= 0.3 is 5.97 Å². The van der Waals surface area contributed by atoms with Crippen LogP contribution in [0.25, 0.3) is 10.8 Å². The molecule has 0 spiro atoms. The van der Waals surface area contributed by atoms with Crippen molar-refractivity contribution in [2.75, 3.05) is 6.61 Å². The number of carbonyl (C=O) groups is 1. The molecule has 82 valence electrons.